The fourth-order valence-corrected chi connectivity index (χ4v) is 9.47. The predicted molar refractivity (Wildman–Crippen MR) is 220 cm³/mol. The molecule has 0 N–H and O–H groups in total. The van der Waals surface area contributed by atoms with Crippen molar-refractivity contribution < 1.29 is 13.3 Å². The lowest BCUT2D eigenvalue weighted by Gasteiger charge is -2.41. The SMILES string of the molecule is C=C1C[C@@H](O[Si](C)(C)C(C)(C)C)[C@H](/C=C/[C@@H](O[Si](C)(C)C(C)(C)C)C(C)CC#CC)[C@H]1C/C(Br)=C/CCCCO[Si](C)(C)C(C)(C)C. The van der Waals surface area contributed by atoms with Gasteiger partial charge in [0.05, 0.1) is 12.2 Å². The first-order chi connectivity index (χ1) is 21.2. The zero-order chi connectivity index (χ0) is 36.6. The van der Waals surface area contributed by atoms with E-state index in [1.54, 1.807) is 0 Å². The molecule has 0 heterocycles. The molecule has 0 amide bonds. The molecule has 272 valence electrons. The van der Waals surface area contributed by atoms with Gasteiger partial charge >= 0.3 is 0 Å². The molecule has 0 aromatic rings. The molecule has 0 aromatic carbocycles. The van der Waals surface area contributed by atoms with Crippen LogP contribution in [0.1, 0.15) is 115 Å². The summed E-state index contributed by atoms with van der Waals surface area (Å²) in [5.74, 6) is 7.32. The fraction of sp³-hybridized carbons (Fsp3) is 0.800. The van der Waals surface area contributed by atoms with E-state index in [2.05, 4.69) is 161 Å². The van der Waals surface area contributed by atoms with Crippen LogP contribution >= 0.6 is 15.9 Å². The normalized spacial score (nSPS) is 22.0. The third-order valence-corrected chi connectivity index (χ3v) is 25.9. The Hall–Kier alpha value is -0.209. The van der Waals surface area contributed by atoms with Crippen LogP contribution in [0.5, 0.6) is 0 Å². The van der Waals surface area contributed by atoms with Gasteiger partial charge in [-0.3, -0.25) is 0 Å². The molecule has 0 radical (unpaired) electrons. The van der Waals surface area contributed by atoms with Gasteiger partial charge in [0.2, 0.25) is 0 Å². The lowest BCUT2D eigenvalue weighted by Crippen LogP contribution is -2.45. The van der Waals surface area contributed by atoms with Crippen LogP contribution < -0.4 is 0 Å². The van der Waals surface area contributed by atoms with Gasteiger partial charge in [0, 0.05) is 18.9 Å². The van der Waals surface area contributed by atoms with Gasteiger partial charge in [-0.15, -0.1) is 11.8 Å². The first-order valence-corrected chi connectivity index (χ1v) is 27.8. The lowest BCUT2D eigenvalue weighted by atomic mass is 9.88. The van der Waals surface area contributed by atoms with Gasteiger partial charge in [0.15, 0.2) is 25.0 Å². The highest BCUT2D eigenvalue weighted by atomic mass is 79.9. The second kappa shape index (κ2) is 17.8. The molecule has 1 rings (SSSR count). The van der Waals surface area contributed by atoms with E-state index in [1.807, 2.05) is 6.92 Å². The molecular formula is C40H75BrO3Si3. The van der Waals surface area contributed by atoms with E-state index in [4.69, 9.17) is 13.3 Å². The van der Waals surface area contributed by atoms with Gasteiger partial charge in [-0.2, -0.15) is 0 Å². The van der Waals surface area contributed by atoms with Crippen LogP contribution in [0.2, 0.25) is 54.4 Å². The van der Waals surface area contributed by atoms with E-state index in [0.717, 1.165) is 45.1 Å². The Morgan fingerprint density at radius 2 is 1.47 bits per heavy atom. The van der Waals surface area contributed by atoms with Crippen LogP contribution in [0, 0.1) is 29.6 Å². The van der Waals surface area contributed by atoms with E-state index in [0.29, 0.717) is 11.8 Å². The third kappa shape index (κ3) is 13.8. The zero-order valence-corrected chi connectivity index (χ0v) is 38.5. The van der Waals surface area contributed by atoms with Crippen molar-refractivity contribution in [3.8, 4) is 11.8 Å². The molecule has 1 unspecified atom stereocenters. The lowest BCUT2D eigenvalue weighted by molar-refractivity contribution is 0.145. The average Bonchev–Trinajstić information content (AvgIpc) is 3.17. The molecular weight excluding hydrogens is 693 g/mol. The van der Waals surface area contributed by atoms with Crippen molar-refractivity contribution in [1.82, 2.24) is 0 Å². The van der Waals surface area contributed by atoms with E-state index in [-0.39, 0.29) is 33.2 Å². The van der Waals surface area contributed by atoms with E-state index in [1.165, 1.54) is 10.1 Å². The number of halogens is 1. The van der Waals surface area contributed by atoms with Crippen molar-refractivity contribution in [3.05, 3.63) is 34.9 Å². The molecule has 1 aliphatic carbocycles. The van der Waals surface area contributed by atoms with Crippen LogP contribution in [0.3, 0.4) is 0 Å². The molecule has 0 aromatic heterocycles. The molecule has 5 atom stereocenters. The third-order valence-electron chi connectivity index (χ3n) is 11.7. The van der Waals surface area contributed by atoms with E-state index >= 15 is 0 Å². The zero-order valence-electron chi connectivity index (χ0n) is 33.9. The Labute approximate surface area is 305 Å². The Morgan fingerprint density at radius 1 is 0.915 bits per heavy atom. The summed E-state index contributed by atoms with van der Waals surface area (Å²) in [5.41, 5.74) is 1.31. The Bertz CT molecular complexity index is 1120. The second-order valence-corrected chi connectivity index (χ2v) is 34.1. The van der Waals surface area contributed by atoms with E-state index < -0.39 is 25.0 Å². The molecule has 0 saturated heterocycles. The van der Waals surface area contributed by atoms with Gasteiger partial charge < -0.3 is 13.3 Å². The van der Waals surface area contributed by atoms with Crippen LogP contribution in [0.4, 0.5) is 0 Å². The van der Waals surface area contributed by atoms with Crippen molar-refractivity contribution in [1.29, 1.82) is 0 Å². The first-order valence-electron chi connectivity index (χ1n) is 18.3. The molecule has 3 nitrogen and oxygen atoms in total. The summed E-state index contributed by atoms with van der Waals surface area (Å²) in [6.45, 7) is 44.8. The highest BCUT2D eigenvalue weighted by Crippen LogP contribution is 2.47. The highest BCUT2D eigenvalue weighted by Gasteiger charge is 2.46. The summed E-state index contributed by atoms with van der Waals surface area (Å²) in [6.07, 6.45) is 13.4. The van der Waals surface area contributed by atoms with Crippen LogP contribution in [-0.4, -0.2) is 43.8 Å². The van der Waals surface area contributed by atoms with Crippen molar-refractivity contribution in [3.63, 3.8) is 0 Å². The van der Waals surface area contributed by atoms with Crippen molar-refractivity contribution >= 4 is 40.9 Å². The van der Waals surface area contributed by atoms with E-state index in [9.17, 15) is 0 Å². The Balaban J connectivity index is 3.27. The van der Waals surface area contributed by atoms with Gasteiger partial charge in [-0.05, 0) is 110 Å². The minimum atomic E-state index is -1.99. The first kappa shape index (κ1) is 44.8. The molecule has 0 spiro atoms. The Morgan fingerprint density at radius 3 is 1.98 bits per heavy atom. The molecule has 1 aliphatic rings. The van der Waals surface area contributed by atoms with Crippen LogP contribution in [-0.2, 0) is 13.3 Å². The predicted octanol–water partition coefficient (Wildman–Crippen LogP) is 13.4. The maximum Gasteiger partial charge on any atom is 0.192 e. The molecule has 0 bridgehead atoms. The molecule has 7 heteroatoms. The van der Waals surface area contributed by atoms with Gasteiger partial charge in [0.1, 0.15) is 0 Å². The second-order valence-electron chi connectivity index (χ2n) is 18.8. The van der Waals surface area contributed by atoms with Crippen molar-refractivity contribution in [2.24, 2.45) is 17.8 Å². The summed E-state index contributed by atoms with van der Waals surface area (Å²) in [5, 5.41) is 0.548. The minimum absolute atomic E-state index is 0.0206. The summed E-state index contributed by atoms with van der Waals surface area (Å²) in [7, 11) is -5.65. The monoisotopic (exact) mass is 766 g/mol. The topological polar surface area (TPSA) is 27.7 Å². The molecule has 1 fully saturated rings. The fourth-order valence-electron chi connectivity index (χ4n) is 5.11. The standard InChI is InChI=1S/C40H75BrO3Si3/c1-19-20-24-31(2)36(43-46(15,16)39(7,8)9)27-26-34-35(32(3)29-37(34)44-47(17,18)40(10,11)12)30-33(41)25-22-21-23-28-42-45(13,14)38(4,5)6/h25-27,31,34-37H,3,21-24,28-30H2,1-2,4-18H3/b27-26+,33-25-/t31?,34-,35+,36-,37-/m1/s1. The maximum absolute atomic E-state index is 7.17. The Kier molecular flexibility index (Phi) is 17.0. The largest absolute Gasteiger partial charge is 0.417 e. The van der Waals surface area contributed by atoms with Crippen molar-refractivity contribution in [2.45, 2.75) is 181 Å². The highest BCUT2D eigenvalue weighted by molar-refractivity contribution is 9.11. The van der Waals surface area contributed by atoms with Crippen LogP contribution in [0.15, 0.2) is 34.9 Å². The quantitative estimate of drug-likeness (QED) is 0.0677. The number of rotatable bonds is 16. The molecule has 0 aliphatic heterocycles. The number of allylic oxidation sites excluding steroid dienone is 2. The minimum Gasteiger partial charge on any atom is -0.417 e. The maximum atomic E-state index is 7.17. The summed E-state index contributed by atoms with van der Waals surface area (Å²) < 4.78 is 21.9. The van der Waals surface area contributed by atoms with Crippen LogP contribution in [0.25, 0.3) is 0 Å². The summed E-state index contributed by atoms with van der Waals surface area (Å²) in [4.78, 5) is 0. The number of hydrogen-bond donors (Lipinski definition) is 0. The average molecular weight is 768 g/mol. The smallest absolute Gasteiger partial charge is 0.192 e. The molecule has 1 saturated carbocycles. The van der Waals surface area contributed by atoms with Gasteiger partial charge in [-0.1, -0.05) is 116 Å². The molecule has 47 heavy (non-hydrogen) atoms. The number of hydrogen-bond acceptors (Lipinski definition) is 3. The van der Waals surface area contributed by atoms with Crippen molar-refractivity contribution in [2.75, 3.05) is 6.61 Å². The number of unbranched alkanes of at least 4 members (excludes halogenated alkanes) is 2. The van der Waals surface area contributed by atoms with Gasteiger partial charge in [-0.25, -0.2) is 0 Å². The summed E-state index contributed by atoms with van der Waals surface area (Å²) >= 11 is 3.98. The summed E-state index contributed by atoms with van der Waals surface area (Å²) in [6, 6.07) is 0. The van der Waals surface area contributed by atoms with Gasteiger partial charge in [0.25, 0.3) is 0 Å².